The van der Waals surface area contributed by atoms with Crippen LogP contribution in [0.5, 0.6) is 0 Å². The Morgan fingerprint density at radius 1 is 1.10 bits per heavy atom. The Kier molecular flexibility index (Phi) is 4.36. The largest absolute Gasteiger partial charge is 0.383 e. The zero-order chi connectivity index (χ0) is 13.6. The van der Waals surface area contributed by atoms with E-state index in [1.165, 1.54) is 44.2 Å². The number of benzene rings is 1. The fraction of sp³-hybridized carbons (Fsp3) is 0.471. The van der Waals surface area contributed by atoms with Gasteiger partial charge in [-0.25, -0.2) is 4.68 Å². The molecule has 1 fully saturated rings. The van der Waals surface area contributed by atoms with Crippen LogP contribution >= 0.6 is 0 Å². The van der Waals surface area contributed by atoms with Crippen molar-refractivity contribution in [3.8, 4) is 5.69 Å². The summed E-state index contributed by atoms with van der Waals surface area (Å²) in [6, 6.07) is 10.3. The molecule has 0 saturated heterocycles. The van der Waals surface area contributed by atoms with E-state index < -0.39 is 0 Å². The van der Waals surface area contributed by atoms with Crippen molar-refractivity contribution in [3.05, 3.63) is 42.7 Å². The van der Waals surface area contributed by atoms with Crippen LogP contribution in [0.3, 0.4) is 0 Å². The van der Waals surface area contributed by atoms with Crippen LogP contribution in [-0.2, 0) is 0 Å². The van der Waals surface area contributed by atoms with Crippen molar-refractivity contribution in [2.45, 2.75) is 38.5 Å². The number of para-hydroxylation sites is 2. The van der Waals surface area contributed by atoms with Gasteiger partial charge < -0.3 is 5.32 Å². The summed E-state index contributed by atoms with van der Waals surface area (Å²) in [4.78, 5) is 0. The van der Waals surface area contributed by atoms with Crippen molar-refractivity contribution in [2.24, 2.45) is 5.92 Å². The first-order chi connectivity index (χ1) is 9.93. The fourth-order valence-electron chi connectivity index (χ4n) is 3.12. The number of nitrogens with one attached hydrogen (secondary N) is 1. The maximum Gasteiger partial charge on any atom is 0.0876 e. The Bertz CT molecular complexity index is 513. The lowest BCUT2D eigenvalue weighted by Crippen LogP contribution is -2.13. The number of aromatic nitrogens is 2. The molecule has 3 heteroatoms. The van der Waals surface area contributed by atoms with Crippen molar-refractivity contribution in [1.82, 2.24) is 9.78 Å². The van der Waals surface area contributed by atoms with Crippen LogP contribution in [0.1, 0.15) is 38.5 Å². The summed E-state index contributed by atoms with van der Waals surface area (Å²) < 4.78 is 1.92. The molecule has 0 bridgehead atoms. The van der Waals surface area contributed by atoms with Gasteiger partial charge in [-0.3, -0.25) is 0 Å². The Labute approximate surface area is 121 Å². The molecule has 2 aromatic rings. The number of nitrogens with zero attached hydrogens (tertiary/aromatic N) is 2. The van der Waals surface area contributed by atoms with Crippen LogP contribution in [0.2, 0.25) is 0 Å². The SMILES string of the molecule is c1ccc(-n2cccn2)c(NCCC2CCCCC2)c1. The van der Waals surface area contributed by atoms with E-state index >= 15 is 0 Å². The molecule has 106 valence electrons. The minimum absolute atomic E-state index is 0.924. The quantitative estimate of drug-likeness (QED) is 0.879. The maximum absolute atomic E-state index is 4.32. The van der Waals surface area contributed by atoms with Crippen LogP contribution in [0.15, 0.2) is 42.7 Å². The molecule has 1 N–H and O–H groups in total. The zero-order valence-electron chi connectivity index (χ0n) is 12.0. The van der Waals surface area contributed by atoms with Gasteiger partial charge in [-0.05, 0) is 30.5 Å². The second kappa shape index (κ2) is 6.60. The first-order valence-corrected chi connectivity index (χ1v) is 7.76. The number of hydrogen-bond donors (Lipinski definition) is 1. The van der Waals surface area contributed by atoms with Gasteiger partial charge in [0.25, 0.3) is 0 Å². The first-order valence-electron chi connectivity index (χ1n) is 7.76. The van der Waals surface area contributed by atoms with Gasteiger partial charge in [-0.1, -0.05) is 44.2 Å². The van der Waals surface area contributed by atoms with E-state index in [0.717, 1.165) is 18.2 Å². The van der Waals surface area contributed by atoms with E-state index in [-0.39, 0.29) is 0 Å². The first kappa shape index (κ1) is 13.2. The molecule has 3 nitrogen and oxygen atoms in total. The van der Waals surface area contributed by atoms with E-state index in [4.69, 9.17) is 0 Å². The lowest BCUT2D eigenvalue weighted by molar-refractivity contribution is 0.345. The molecule has 3 rings (SSSR count). The lowest BCUT2D eigenvalue weighted by atomic mass is 9.87. The van der Waals surface area contributed by atoms with Gasteiger partial charge >= 0.3 is 0 Å². The molecule has 20 heavy (non-hydrogen) atoms. The van der Waals surface area contributed by atoms with Gasteiger partial charge in [0, 0.05) is 18.9 Å². The van der Waals surface area contributed by atoms with Gasteiger partial charge in [0.05, 0.1) is 11.4 Å². The summed E-state index contributed by atoms with van der Waals surface area (Å²) in [5.74, 6) is 0.924. The summed E-state index contributed by atoms with van der Waals surface area (Å²) in [6.45, 7) is 1.06. The minimum atomic E-state index is 0.924. The minimum Gasteiger partial charge on any atom is -0.383 e. The molecule has 0 atom stereocenters. The Morgan fingerprint density at radius 3 is 2.75 bits per heavy atom. The van der Waals surface area contributed by atoms with E-state index in [2.05, 4.69) is 34.7 Å². The topological polar surface area (TPSA) is 29.9 Å². The van der Waals surface area contributed by atoms with E-state index in [9.17, 15) is 0 Å². The van der Waals surface area contributed by atoms with E-state index in [1.54, 1.807) is 0 Å². The van der Waals surface area contributed by atoms with Crippen molar-refractivity contribution in [1.29, 1.82) is 0 Å². The van der Waals surface area contributed by atoms with Crippen molar-refractivity contribution >= 4 is 5.69 Å². The van der Waals surface area contributed by atoms with E-state index in [0.29, 0.717) is 0 Å². The second-order valence-electron chi connectivity index (χ2n) is 5.69. The van der Waals surface area contributed by atoms with Gasteiger partial charge in [0.1, 0.15) is 0 Å². The molecule has 0 unspecified atom stereocenters. The van der Waals surface area contributed by atoms with Gasteiger partial charge in [-0.15, -0.1) is 0 Å². The van der Waals surface area contributed by atoms with Crippen LogP contribution in [0, 0.1) is 5.92 Å². The number of rotatable bonds is 5. The predicted octanol–water partition coefficient (Wildman–Crippen LogP) is 4.25. The molecule has 0 radical (unpaired) electrons. The maximum atomic E-state index is 4.32. The predicted molar refractivity (Wildman–Crippen MR) is 83.2 cm³/mol. The summed E-state index contributed by atoms with van der Waals surface area (Å²) in [5.41, 5.74) is 2.30. The Balaban J connectivity index is 1.60. The average molecular weight is 269 g/mol. The molecular formula is C17H23N3. The summed E-state index contributed by atoms with van der Waals surface area (Å²) in [5, 5.41) is 7.91. The highest BCUT2D eigenvalue weighted by molar-refractivity contribution is 5.60. The van der Waals surface area contributed by atoms with Crippen LogP contribution in [0.4, 0.5) is 5.69 Å². The molecule has 1 heterocycles. The third-order valence-corrected chi connectivity index (χ3v) is 4.25. The number of anilines is 1. The molecule has 1 aromatic heterocycles. The third kappa shape index (κ3) is 3.21. The van der Waals surface area contributed by atoms with E-state index in [1.807, 2.05) is 23.1 Å². The van der Waals surface area contributed by atoms with Gasteiger partial charge in [-0.2, -0.15) is 5.10 Å². The van der Waals surface area contributed by atoms with Crippen molar-refractivity contribution < 1.29 is 0 Å². The van der Waals surface area contributed by atoms with Crippen LogP contribution in [-0.4, -0.2) is 16.3 Å². The Hall–Kier alpha value is -1.77. The highest BCUT2D eigenvalue weighted by Crippen LogP contribution is 2.26. The number of hydrogen-bond acceptors (Lipinski definition) is 2. The highest BCUT2D eigenvalue weighted by atomic mass is 15.3. The summed E-state index contributed by atoms with van der Waals surface area (Å²) >= 11 is 0. The van der Waals surface area contributed by atoms with Crippen molar-refractivity contribution in [2.75, 3.05) is 11.9 Å². The zero-order valence-corrected chi connectivity index (χ0v) is 12.0. The molecule has 1 aliphatic rings. The van der Waals surface area contributed by atoms with Crippen LogP contribution < -0.4 is 5.32 Å². The second-order valence-corrected chi connectivity index (χ2v) is 5.69. The summed E-state index contributed by atoms with van der Waals surface area (Å²) in [7, 11) is 0. The lowest BCUT2D eigenvalue weighted by Gasteiger charge is -2.22. The average Bonchev–Trinajstić information content (AvgIpc) is 3.03. The molecule has 1 aliphatic carbocycles. The molecule has 0 spiro atoms. The van der Waals surface area contributed by atoms with Gasteiger partial charge in [0.2, 0.25) is 0 Å². The molecule has 1 aromatic carbocycles. The Morgan fingerprint density at radius 2 is 1.95 bits per heavy atom. The normalized spacial score (nSPS) is 16.2. The third-order valence-electron chi connectivity index (χ3n) is 4.25. The standard InChI is InChI=1S/C17H23N3/c1-2-7-15(8-3-1)11-13-18-16-9-4-5-10-17(16)20-14-6-12-19-20/h4-6,9-10,12,14-15,18H,1-3,7-8,11,13H2. The fourth-order valence-corrected chi connectivity index (χ4v) is 3.12. The molecule has 0 aliphatic heterocycles. The van der Waals surface area contributed by atoms with Gasteiger partial charge in [0.15, 0.2) is 0 Å². The molecular weight excluding hydrogens is 246 g/mol. The van der Waals surface area contributed by atoms with Crippen molar-refractivity contribution in [3.63, 3.8) is 0 Å². The van der Waals surface area contributed by atoms with Crippen LogP contribution in [0.25, 0.3) is 5.69 Å². The molecule has 0 amide bonds. The summed E-state index contributed by atoms with van der Waals surface area (Å²) in [6.07, 6.45) is 12.2. The smallest absolute Gasteiger partial charge is 0.0876 e. The highest BCUT2D eigenvalue weighted by Gasteiger charge is 2.13. The molecule has 1 saturated carbocycles. The monoisotopic (exact) mass is 269 g/mol.